The van der Waals surface area contributed by atoms with Crippen molar-refractivity contribution in [3.8, 4) is 5.75 Å². The van der Waals surface area contributed by atoms with Crippen LogP contribution in [0.15, 0.2) is 42.6 Å². The highest BCUT2D eigenvalue weighted by Crippen LogP contribution is 2.11. The van der Waals surface area contributed by atoms with E-state index in [2.05, 4.69) is 21.2 Å². The lowest BCUT2D eigenvalue weighted by atomic mass is 10.2. The summed E-state index contributed by atoms with van der Waals surface area (Å²) in [5.74, 6) is -0.761. The number of rotatable bonds is 6. The SMILES string of the molecule is CCOc1ccc(C(=O)NCC(=O)NNC(=O)c2ccc[nH]2)cc1. The molecule has 8 heteroatoms. The van der Waals surface area contributed by atoms with Gasteiger partial charge in [0.1, 0.15) is 11.4 Å². The van der Waals surface area contributed by atoms with E-state index in [1.165, 1.54) is 0 Å². The first kappa shape index (κ1) is 17.1. The van der Waals surface area contributed by atoms with E-state index in [0.717, 1.165) is 0 Å². The molecule has 0 unspecified atom stereocenters. The van der Waals surface area contributed by atoms with Crippen LogP contribution in [0.3, 0.4) is 0 Å². The standard InChI is InChI=1S/C16H18N4O4/c1-2-24-12-7-5-11(6-8-12)15(22)18-10-14(21)19-20-16(23)13-4-3-9-17-13/h3-9,17H,2,10H2,1H3,(H,18,22)(H,19,21)(H,20,23). The maximum atomic E-state index is 11.9. The predicted octanol–water partition coefficient (Wildman–Crippen LogP) is 0.604. The minimum atomic E-state index is -0.547. The number of nitrogens with one attached hydrogen (secondary N) is 4. The molecule has 3 amide bonds. The molecule has 126 valence electrons. The van der Waals surface area contributed by atoms with Crippen molar-refractivity contribution in [2.24, 2.45) is 0 Å². The smallest absolute Gasteiger partial charge is 0.286 e. The quantitative estimate of drug-likeness (QED) is 0.581. The number of carbonyl (C=O) groups excluding carboxylic acids is 3. The molecule has 0 fully saturated rings. The van der Waals surface area contributed by atoms with Gasteiger partial charge < -0.3 is 15.0 Å². The highest BCUT2D eigenvalue weighted by molar-refractivity contribution is 5.97. The van der Waals surface area contributed by atoms with Gasteiger partial charge in [0.05, 0.1) is 13.2 Å². The van der Waals surface area contributed by atoms with Gasteiger partial charge in [0, 0.05) is 11.8 Å². The molecule has 24 heavy (non-hydrogen) atoms. The molecular formula is C16H18N4O4. The molecule has 1 aromatic heterocycles. The van der Waals surface area contributed by atoms with Gasteiger partial charge in [-0.15, -0.1) is 0 Å². The first-order chi connectivity index (χ1) is 11.6. The van der Waals surface area contributed by atoms with Gasteiger partial charge in [-0.1, -0.05) is 0 Å². The number of carbonyl (C=O) groups is 3. The number of benzene rings is 1. The van der Waals surface area contributed by atoms with Gasteiger partial charge >= 0.3 is 0 Å². The highest BCUT2D eigenvalue weighted by atomic mass is 16.5. The molecule has 0 aliphatic heterocycles. The van der Waals surface area contributed by atoms with Gasteiger partial charge in [0.25, 0.3) is 17.7 Å². The molecule has 0 aliphatic rings. The number of H-pyrrole nitrogens is 1. The summed E-state index contributed by atoms with van der Waals surface area (Å²) in [6.45, 7) is 2.14. The molecule has 0 saturated carbocycles. The summed E-state index contributed by atoms with van der Waals surface area (Å²) >= 11 is 0. The molecule has 0 radical (unpaired) electrons. The monoisotopic (exact) mass is 330 g/mol. The van der Waals surface area contributed by atoms with E-state index in [1.807, 2.05) is 6.92 Å². The fourth-order valence-electron chi connectivity index (χ4n) is 1.84. The fourth-order valence-corrected chi connectivity index (χ4v) is 1.84. The average Bonchev–Trinajstić information content (AvgIpc) is 3.13. The zero-order valence-corrected chi connectivity index (χ0v) is 13.1. The van der Waals surface area contributed by atoms with E-state index in [0.29, 0.717) is 23.6 Å². The van der Waals surface area contributed by atoms with Gasteiger partial charge in [-0.05, 0) is 43.3 Å². The van der Waals surface area contributed by atoms with E-state index in [1.54, 1.807) is 42.6 Å². The normalized spacial score (nSPS) is 9.88. The second-order valence-corrected chi connectivity index (χ2v) is 4.73. The predicted molar refractivity (Wildman–Crippen MR) is 86.3 cm³/mol. The van der Waals surface area contributed by atoms with Gasteiger partial charge in [0.15, 0.2) is 0 Å². The summed E-state index contributed by atoms with van der Waals surface area (Å²) in [5.41, 5.74) is 5.16. The summed E-state index contributed by atoms with van der Waals surface area (Å²) in [6.07, 6.45) is 1.59. The zero-order chi connectivity index (χ0) is 17.4. The Morgan fingerprint density at radius 3 is 2.42 bits per heavy atom. The second kappa shape index (κ2) is 8.37. The summed E-state index contributed by atoms with van der Waals surface area (Å²) in [7, 11) is 0. The zero-order valence-electron chi connectivity index (χ0n) is 13.1. The molecule has 2 aromatic rings. The molecule has 0 aliphatic carbocycles. The average molecular weight is 330 g/mol. The Morgan fingerprint density at radius 2 is 1.79 bits per heavy atom. The molecule has 2 rings (SSSR count). The first-order valence-corrected chi connectivity index (χ1v) is 7.33. The maximum Gasteiger partial charge on any atom is 0.286 e. The van der Waals surface area contributed by atoms with Crippen molar-refractivity contribution in [1.29, 1.82) is 0 Å². The Hall–Kier alpha value is -3.29. The summed E-state index contributed by atoms with van der Waals surface area (Å²) in [4.78, 5) is 37.8. The summed E-state index contributed by atoms with van der Waals surface area (Å²) in [5, 5.41) is 2.46. The third kappa shape index (κ3) is 4.87. The van der Waals surface area contributed by atoms with Crippen LogP contribution in [0.4, 0.5) is 0 Å². The first-order valence-electron chi connectivity index (χ1n) is 7.33. The molecule has 0 bridgehead atoms. The van der Waals surface area contributed by atoms with Crippen LogP contribution < -0.4 is 20.9 Å². The van der Waals surface area contributed by atoms with Crippen LogP contribution in [0.2, 0.25) is 0 Å². The van der Waals surface area contributed by atoms with E-state index in [9.17, 15) is 14.4 Å². The third-order valence-corrected chi connectivity index (χ3v) is 3.00. The Bertz CT molecular complexity index is 695. The van der Waals surface area contributed by atoms with Crippen molar-refractivity contribution in [3.63, 3.8) is 0 Å². The second-order valence-electron chi connectivity index (χ2n) is 4.73. The Morgan fingerprint density at radius 1 is 1.04 bits per heavy atom. The molecule has 0 saturated heterocycles. The van der Waals surface area contributed by atoms with Crippen molar-refractivity contribution in [2.75, 3.05) is 13.2 Å². The number of hydrazine groups is 1. The van der Waals surface area contributed by atoms with E-state index in [4.69, 9.17) is 4.74 Å². The molecule has 1 heterocycles. The lowest BCUT2D eigenvalue weighted by Gasteiger charge is -2.08. The molecule has 8 nitrogen and oxygen atoms in total. The van der Waals surface area contributed by atoms with E-state index in [-0.39, 0.29) is 6.54 Å². The van der Waals surface area contributed by atoms with Crippen molar-refractivity contribution < 1.29 is 19.1 Å². The van der Waals surface area contributed by atoms with Crippen LogP contribution >= 0.6 is 0 Å². The van der Waals surface area contributed by atoms with Crippen LogP contribution in [0, 0.1) is 0 Å². The lowest BCUT2D eigenvalue weighted by Crippen LogP contribution is -2.46. The minimum Gasteiger partial charge on any atom is -0.494 e. The van der Waals surface area contributed by atoms with Crippen LogP contribution in [-0.4, -0.2) is 35.9 Å². The van der Waals surface area contributed by atoms with Crippen LogP contribution in [0.5, 0.6) is 5.75 Å². The molecule has 4 N–H and O–H groups in total. The number of aromatic nitrogens is 1. The van der Waals surface area contributed by atoms with Crippen LogP contribution in [-0.2, 0) is 4.79 Å². The summed E-state index contributed by atoms with van der Waals surface area (Å²) < 4.78 is 5.29. The minimum absolute atomic E-state index is 0.267. The highest BCUT2D eigenvalue weighted by Gasteiger charge is 2.10. The molecule has 1 aromatic carbocycles. The largest absolute Gasteiger partial charge is 0.494 e. The number of hydrogen-bond acceptors (Lipinski definition) is 4. The Balaban J connectivity index is 1.74. The van der Waals surface area contributed by atoms with E-state index >= 15 is 0 Å². The van der Waals surface area contributed by atoms with Gasteiger partial charge in [0.2, 0.25) is 0 Å². The van der Waals surface area contributed by atoms with Crippen molar-refractivity contribution in [2.45, 2.75) is 6.92 Å². The maximum absolute atomic E-state index is 11.9. The van der Waals surface area contributed by atoms with E-state index < -0.39 is 17.7 Å². The Labute approximate surface area is 138 Å². The van der Waals surface area contributed by atoms with Crippen molar-refractivity contribution in [1.82, 2.24) is 21.2 Å². The van der Waals surface area contributed by atoms with Crippen molar-refractivity contribution >= 4 is 17.7 Å². The number of ether oxygens (including phenoxy) is 1. The van der Waals surface area contributed by atoms with Crippen LogP contribution in [0.1, 0.15) is 27.8 Å². The fraction of sp³-hybridized carbons (Fsp3) is 0.188. The Kier molecular flexibility index (Phi) is 5.95. The molecule has 0 spiro atoms. The number of amides is 3. The van der Waals surface area contributed by atoms with Gasteiger partial charge in [-0.2, -0.15) is 0 Å². The topological polar surface area (TPSA) is 112 Å². The van der Waals surface area contributed by atoms with Gasteiger partial charge in [-0.25, -0.2) is 0 Å². The van der Waals surface area contributed by atoms with Gasteiger partial charge in [-0.3, -0.25) is 25.2 Å². The van der Waals surface area contributed by atoms with Crippen LogP contribution in [0.25, 0.3) is 0 Å². The van der Waals surface area contributed by atoms with Crippen molar-refractivity contribution in [3.05, 3.63) is 53.9 Å². The number of aromatic amines is 1. The summed E-state index contributed by atoms with van der Waals surface area (Å²) in [6, 6.07) is 9.78. The molecule has 0 atom stereocenters. The molecular weight excluding hydrogens is 312 g/mol. The third-order valence-electron chi connectivity index (χ3n) is 3.00. The number of hydrogen-bond donors (Lipinski definition) is 4. The lowest BCUT2D eigenvalue weighted by molar-refractivity contribution is -0.120.